The van der Waals surface area contributed by atoms with Crippen LogP contribution in [0.2, 0.25) is 0 Å². The summed E-state index contributed by atoms with van der Waals surface area (Å²) in [6.45, 7) is 0.805. The van der Waals surface area contributed by atoms with Gasteiger partial charge in [0, 0.05) is 17.7 Å². The van der Waals surface area contributed by atoms with E-state index in [0.29, 0.717) is 44.8 Å². The maximum absolute atomic E-state index is 13.6. The van der Waals surface area contributed by atoms with Crippen molar-refractivity contribution in [2.75, 3.05) is 18.5 Å². The maximum Gasteiger partial charge on any atom is 0.255 e. The summed E-state index contributed by atoms with van der Waals surface area (Å²) in [7, 11) is -1.61. The van der Waals surface area contributed by atoms with Crippen LogP contribution in [0.3, 0.4) is 0 Å². The van der Waals surface area contributed by atoms with Crippen LogP contribution >= 0.6 is 0 Å². The molecule has 10 heteroatoms. The van der Waals surface area contributed by atoms with E-state index in [4.69, 9.17) is 9.84 Å². The van der Waals surface area contributed by atoms with Gasteiger partial charge in [0.05, 0.1) is 32.9 Å². The number of hydrogen-bond donors (Lipinski definition) is 3. The highest BCUT2D eigenvalue weighted by molar-refractivity contribution is 7.85. The van der Waals surface area contributed by atoms with Crippen LogP contribution in [0.4, 0.5) is 5.69 Å². The minimum Gasteiger partial charge on any atom is -0.494 e. The van der Waals surface area contributed by atoms with Gasteiger partial charge >= 0.3 is 0 Å². The Hall–Kier alpha value is -3.89. The molecule has 3 aromatic carbocycles. The number of aliphatic hydroxyl groups is 1. The van der Waals surface area contributed by atoms with Crippen molar-refractivity contribution in [2.45, 2.75) is 35.5 Å². The molecular formula is C26H27N5O4S. The highest BCUT2D eigenvalue weighted by Crippen LogP contribution is 2.30. The number of nitrogens with zero attached hydrogens (tertiary/aromatic N) is 3. The second-order valence-electron chi connectivity index (χ2n) is 7.96. The molecule has 0 bridgehead atoms. The standard InChI is InChI=1S/C26H27N5O4S/c32-17-7-1-2-8-18-35-20-15-13-19(14-16-20)26(33)27-22-10-4-6-12-24(22)36(34)23-11-5-3-9-21(23)25-28-30-31-29-25/h3-6,9-16,32H,1-2,7-8,17-18H2,(H,27,33)(H,28,29,30,31). The third-order valence-corrected chi connectivity index (χ3v) is 6.96. The Morgan fingerprint density at radius 1 is 0.917 bits per heavy atom. The monoisotopic (exact) mass is 505 g/mol. The largest absolute Gasteiger partial charge is 0.494 e. The second-order valence-corrected chi connectivity index (χ2v) is 9.38. The first-order valence-electron chi connectivity index (χ1n) is 11.7. The number of tetrazole rings is 1. The van der Waals surface area contributed by atoms with Gasteiger partial charge in [0.2, 0.25) is 5.82 Å². The molecule has 0 spiro atoms. The van der Waals surface area contributed by atoms with Gasteiger partial charge in [-0.25, -0.2) is 4.21 Å². The molecular weight excluding hydrogens is 478 g/mol. The van der Waals surface area contributed by atoms with Gasteiger partial charge < -0.3 is 15.2 Å². The first-order valence-corrected chi connectivity index (χ1v) is 12.8. The lowest BCUT2D eigenvalue weighted by molar-refractivity contribution is 0.102. The molecule has 4 aromatic rings. The van der Waals surface area contributed by atoms with Crippen LogP contribution in [0.1, 0.15) is 36.0 Å². The Kier molecular flexibility index (Phi) is 8.90. The number of hydrogen-bond acceptors (Lipinski definition) is 7. The lowest BCUT2D eigenvalue weighted by Gasteiger charge is -2.13. The highest BCUT2D eigenvalue weighted by atomic mass is 32.2. The molecule has 1 unspecified atom stereocenters. The fourth-order valence-electron chi connectivity index (χ4n) is 3.59. The van der Waals surface area contributed by atoms with E-state index in [1.165, 1.54) is 0 Å². The fraction of sp³-hybridized carbons (Fsp3) is 0.231. The fourth-order valence-corrected chi connectivity index (χ4v) is 4.91. The average molecular weight is 506 g/mol. The number of unbranched alkanes of at least 4 members (excludes halogenated alkanes) is 3. The Labute approximate surface area is 211 Å². The van der Waals surface area contributed by atoms with Gasteiger partial charge in [0.1, 0.15) is 5.75 Å². The number of aromatic nitrogens is 4. The molecule has 1 aromatic heterocycles. The van der Waals surface area contributed by atoms with E-state index in [-0.39, 0.29) is 12.5 Å². The smallest absolute Gasteiger partial charge is 0.255 e. The Morgan fingerprint density at radius 2 is 1.64 bits per heavy atom. The van der Waals surface area contributed by atoms with Crippen molar-refractivity contribution < 1.29 is 18.8 Å². The van der Waals surface area contributed by atoms with Crippen LogP contribution in [0.5, 0.6) is 5.75 Å². The molecule has 0 radical (unpaired) electrons. The van der Waals surface area contributed by atoms with Gasteiger partial charge in [0.15, 0.2) is 0 Å². The minimum absolute atomic E-state index is 0.221. The summed E-state index contributed by atoms with van der Waals surface area (Å²) in [4.78, 5) is 13.9. The van der Waals surface area contributed by atoms with Gasteiger partial charge in [-0.2, -0.15) is 5.21 Å². The number of H-pyrrole nitrogens is 1. The van der Waals surface area contributed by atoms with E-state index in [1.54, 1.807) is 66.7 Å². The van der Waals surface area contributed by atoms with E-state index in [1.807, 2.05) is 6.07 Å². The lowest BCUT2D eigenvalue weighted by Crippen LogP contribution is -2.14. The number of aliphatic hydroxyl groups excluding tert-OH is 1. The summed E-state index contributed by atoms with van der Waals surface area (Å²) in [5.74, 6) is 0.711. The van der Waals surface area contributed by atoms with E-state index >= 15 is 0 Å². The van der Waals surface area contributed by atoms with E-state index < -0.39 is 10.8 Å². The number of ether oxygens (including phenoxy) is 1. The van der Waals surface area contributed by atoms with Gasteiger partial charge in [-0.15, -0.1) is 10.2 Å². The summed E-state index contributed by atoms with van der Waals surface area (Å²) < 4.78 is 19.3. The van der Waals surface area contributed by atoms with Crippen LogP contribution in [-0.4, -0.2) is 49.1 Å². The molecule has 0 fully saturated rings. The topological polar surface area (TPSA) is 130 Å². The van der Waals surface area contributed by atoms with Gasteiger partial charge in [-0.05, 0) is 73.0 Å². The number of carbonyl (C=O) groups is 1. The van der Waals surface area contributed by atoms with Gasteiger partial charge in [-0.3, -0.25) is 4.79 Å². The Morgan fingerprint density at radius 3 is 2.39 bits per heavy atom. The van der Waals surface area contributed by atoms with Crippen molar-refractivity contribution >= 4 is 22.4 Å². The molecule has 186 valence electrons. The Bertz CT molecular complexity index is 1300. The van der Waals surface area contributed by atoms with Crippen LogP contribution in [0.25, 0.3) is 11.4 Å². The molecule has 0 aliphatic carbocycles. The number of carbonyl (C=O) groups excluding carboxylic acids is 1. The van der Waals surface area contributed by atoms with Crippen LogP contribution in [0, 0.1) is 0 Å². The molecule has 36 heavy (non-hydrogen) atoms. The summed E-state index contributed by atoms with van der Waals surface area (Å²) in [5, 5.41) is 25.7. The van der Waals surface area contributed by atoms with Crippen molar-refractivity contribution in [2.24, 2.45) is 0 Å². The predicted molar refractivity (Wildman–Crippen MR) is 136 cm³/mol. The number of benzene rings is 3. The second kappa shape index (κ2) is 12.7. The first-order chi connectivity index (χ1) is 17.7. The first kappa shape index (κ1) is 25.2. The van der Waals surface area contributed by atoms with E-state index in [9.17, 15) is 9.00 Å². The SMILES string of the molecule is O=C(Nc1ccccc1S(=O)c1ccccc1-c1nn[nH]n1)c1ccc(OCCCCCCO)cc1. The molecule has 0 saturated carbocycles. The molecule has 1 atom stereocenters. The molecule has 4 rings (SSSR count). The zero-order chi connectivity index (χ0) is 25.2. The summed E-state index contributed by atoms with van der Waals surface area (Å²) in [6, 6.07) is 21.0. The molecule has 1 amide bonds. The zero-order valence-corrected chi connectivity index (χ0v) is 20.4. The van der Waals surface area contributed by atoms with Crippen LogP contribution < -0.4 is 10.1 Å². The van der Waals surface area contributed by atoms with Crippen molar-refractivity contribution in [1.29, 1.82) is 0 Å². The third kappa shape index (κ3) is 6.41. The van der Waals surface area contributed by atoms with E-state index in [0.717, 1.165) is 25.7 Å². The number of aromatic amines is 1. The summed E-state index contributed by atoms with van der Waals surface area (Å²) in [6.07, 6.45) is 3.70. The zero-order valence-electron chi connectivity index (χ0n) is 19.6. The number of anilines is 1. The van der Waals surface area contributed by atoms with E-state index in [2.05, 4.69) is 25.9 Å². The van der Waals surface area contributed by atoms with Crippen molar-refractivity contribution in [3.8, 4) is 17.1 Å². The normalized spacial score (nSPS) is 11.7. The molecule has 0 saturated heterocycles. The number of nitrogens with one attached hydrogen (secondary N) is 2. The summed E-state index contributed by atoms with van der Waals surface area (Å²) in [5.41, 5.74) is 1.50. The average Bonchev–Trinajstić information content (AvgIpc) is 3.46. The van der Waals surface area contributed by atoms with Crippen molar-refractivity contribution in [3.63, 3.8) is 0 Å². The number of amides is 1. The van der Waals surface area contributed by atoms with Crippen LogP contribution in [-0.2, 0) is 10.8 Å². The lowest BCUT2D eigenvalue weighted by atomic mass is 10.2. The minimum atomic E-state index is -1.61. The predicted octanol–water partition coefficient (Wildman–Crippen LogP) is 4.22. The van der Waals surface area contributed by atoms with Crippen molar-refractivity contribution in [3.05, 3.63) is 78.4 Å². The number of rotatable bonds is 12. The summed E-state index contributed by atoms with van der Waals surface area (Å²) >= 11 is 0. The Balaban J connectivity index is 1.44. The van der Waals surface area contributed by atoms with Gasteiger partial charge in [0.25, 0.3) is 5.91 Å². The highest BCUT2D eigenvalue weighted by Gasteiger charge is 2.19. The van der Waals surface area contributed by atoms with Crippen molar-refractivity contribution in [1.82, 2.24) is 20.6 Å². The number of para-hydroxylation sites is 1. The molecule has 0 aliphatic rings. The maximum atomic E-state index is 13.6. The van der Waals surface area contributed by atoms with Gasteiger partial charge in [-0.1, -0.05) is 30.7 Å². The molecule has 0 aliphatic heterocycles. The molecule has 3 N–H and O–H groups in total. The molecule has 1 heterocycles. The van der Waals surface area contributed by atoms with Crippen LogP contribution in [0.15, 0.2) is 82.6 Å². The quantitative estimate of drug-likeness (QED) is 0.246. The third-order valence-electron chi connectivity index (χ3n) is 5.45. The molecule has 9 nitrogen and oxygen atoms in total.